The van der Waals surface area contributed by atoms with Gasteiger partial charge >= 0.3 is 0 Å². The van der Waals surface area contributed by atoms with Gasteiger partial charge in [0.2, 0.25) is 0 Å². The first kappa shape index (κ1) is 16.8. The van der Waals surface area contributed by atoms with E-state index in [1.54, 1.807) is 0 Å². The third kappa shape index (κ3) is 7.36. The van der Waals surface area contributed by atoms with Gasteiger partial charge in [-0.1, -0.05) is 23.7 Å². The Bertz CT molecular complexity index is 393. The van der Waals surface area contributed by atoms with Gasteiger partial charge in [-0.2, -0.15) is 0 Å². The standard InChI is InChI=1S/C15H24ClN3O/c1-3-17-15(19-11-12-20-4-2)18-10-9-13-5-7-14(16)8-6-13/h5-8H,3-4,9-12H2,1-2H3,(H2,17,18,19). The average Bonchev–Trinajstić information content (AvgIpc) is 2.45. The van der Waals surface area contributed by atoms with E-state index in [4.69, 9.17) is 16.3 Å². The minimum Gasteiger partial charge on any atom is -0.380 e. The summed E-state index contributed by atoms with van der Waals surface area (Å²) < 4.78 is 5.27. The van der Waals surface area contributed by atoms with Crippen LogP contribution in [0.25, 0.3) is 0 Å². The van der Waals surface area contributed by atoms with Crippen molar-refractivity contribution in [2.75, 3.05) is 32.8 Å². The van der Waals surface area contributed by atoms with Gasteiger partial charge < -0.3 is 15.4 Å². The van der Waals surface area contributed by atoms with Crippen LogP contribution in [-0.2, 0) is 11.2 Å². The monoisotopic (exact) mass is 297 g/mol. The molecule has 0 atom stereocenters. The number of aliphatic imine (C=N–C) groups is 1. The molecular weight excluding hydrogens is 274 g/mol. The highest BCUT2D eigenvalue weighted by molar-refractivity contribution is 6.30. The second kappa shape index (κ2) is 10.5. The number of hydrogen-bond donors (Lipinski definition) is 2. The van der Waals surface area contributed by atoms with Gasteiger partial charge in [-0.15, -0.1) is 0 Å². The molecule has 0 bridgehead atoms. The molecule has 0 fully saturated rings. The van der Waals surface area contributed by atoms with Gasteiger partial charge in [0.1, 0.15) is 0 Å². The van der Waals surface area contributed by atoms with E-state index in [0.29, 0.717) is 13.2 Å². The number of rotatable bonds is 8. The Hall–Kier alpha value is -1.26. The maximum Gasteiger partial charge on any atom is 0.191 e. The fourth-order valence-corrected chi connectivity index (χ4v) is 1.81. The molecule has 0 spiro atoms. The maximum absolute atomic E-state index is 5.86. The Morgan fingerprint density at radius 2 is 1.95 bits per heavy atom. The fraction of sp³-hybridized carbons (Fsp3) is 0.533. The summed E-state index contributed by atoms with van der Waals surface area (Å²) in [5.74, 6) is 0.834. The lowest BCUT2D eigenvalue weighted by Gasteiger charge is -2.11. The van der Waals surface area contributed by atoms with Crippen LogP contribution < -0.4 is 10.6 Å². The number of benzene rings is 1. The van der Waals surface area contributed by atoms with Gasteiger partial charge in [0, 0.05) is 24.7 Å². The highest BCUT2D eigenvalue weighted by atomic mass is 35.5. The molecule has 0 heterocycles. The van der Waals surface area contributed by atoms with Crippen molar-refractivity contribution in [2.24, 2.45) is 4.99 Å². The molecule has 112 valence electrons. The molecule has 0 amide bonds. The van der Waals surface area contributed by atoms with E-state index in [1.807, 2.05) is 31.2 Å². The molecule has 0 saturated heterocycles. The molecular formula is C15H24ClN3O. The minimum atomic E-state index is 0.657. The second-order valence-electron chi connectivity index (χ2n) is 4.26. The van der Waals surface area contributed by atoms with Gasteiger partial charge in [0.05, 0.1) is 13.2 Å². The predicted molar refractivity (Wildman–Crippen MR) is 85.6 cm³/mol. The summed E-state index contributed by atoms with van der Waals surface area (Å²) in [5.41, 5.74) is 1.26. The van der Waals surface area contributed by atoms with Crippen molar-refractivity contribution < 1.29 is 4.74 Å². The Kier molecular flexibility index (Phi) is 8.83. The molecule has 0 unspecified atom stereocenters. The molecule has 20 heavy (non-hydrogen) atoms. The summed E-state index contributed by atoms with van der Waals surface area (Å²) in [7, 11) is 0. The van der Waals surface area contributed by atoms with Crippen LogP contribution in [0.1, 0.15) is 19.4 Å². The van der Waals surface area contributed by atoms with Crippen LogP contribution in [0.2, 0.25) is 5.02 Å². The molecule has 0 aromatic heterocycles. The van der Waals surface area contributed by atoms with Crippen LogP contribution in [0, 0.1) is 0 Å². The molecule has 0 aliphatic rings. The number of ether oxygens (including phenoxy) is 1. The molecule has 0 radical (unpaired) electrons. The Balaban J connectivity index is 2.32. The smallest absolute Gasteiger partial charge is 0.191 e. The van der Waals surface area contributed by atoms with E-state index >= 15 is 0 Å². The first-order chi connectivity index (χ1) is 9.76. The van der Waals surface area contributed by atoms with Gasteiger partial charge in [0.25, 0.3) is 0 Å². The molecule has 0 aliphatic carbocycles. The topological polar surface area (TPSA) is 45.7 Å². The molecule has 0 saturated carbocycles. The molecule has 0 aliphatic heterocycles. The number of guanidine groups is 1. The van der Waals surface area contributed by atoms with E-state index in [1.165, 1.54) is 5.56 Å². The zero-order valence-electron chi connectivity index (χ0n) is 12.3. The van der Waals surface area contributed by atoms with Crippen molar-refractivity contribution in [3.05, 3.63) is 34.9 Å². The van der Waals surface area contributed by atoms with E-state index in [9.17, 15) is 0 Å². The number of hydrogen-bond acceptors (Lipinski definition) is 2. The van der Waals surface area contributed by atoms with E-state index in [2.05, 4.69) is 22.5 Å². The third-order valence-electron chi connectivity index (χ3n) is 2.67. The molecule has 1 aromatic carbocycles. The van der Waals surface area contributed by atoms with Crippen molar-refractivity contribution in [1.29, 1.82) is 0 Å². The predicted octanol–water partition coefficient (Wildman–Crippen LogP) is 2.47. The summed E-state index contributed by atoms with van der Waals surface area (Å²) in [6, 6.07) is 7.92. The van der Waals surface area contributed by atoms with Crippen LogP contribution in [0.5, 0.6) is 0 Å². The maximum atomic E-state index is 5.86. The number of nitrogens with zero attached hydrogens (tertiary/aromatic N) is 1. The average molecular weight is 298 g/mol. The van der Waals surface area contributed by atoms with Gasteiger partial charge in [-0.25, -0.2) is 0 Å². The minimum absolute atomic E-state index is 0.657. The first-order valence-corrected chi connectivity index (χ1v) is 7.48. The van der Waals surface area contributed by atoms with E-state index in [-0.39, 0.29) is 0 Å². The van der Waals surface area contributed by atoms with Crippen LogP contribution >= 0.6 is 11.6 Å². The third-order valence-corrected chi connectivity index (χ3v) is 2.93. The zero-order valence-corrected chi connectivity index (χ0v) is 13.0. The summed E-state index contributed by atoms with van der Waals surface area (Å²) in [6.45, 7) is 7.78. The van der Waals surface area contributed by atoms with Crippen molar-refractivity contribution in [3.8, 4) is 0 Å². The van der Waals surface area contributed by atoms with Gasteiger partial charge in [0.15, 0.2) is 5.96 Å². The molecule has 5 heteroatoms. The SMILES string of the molecule is CCNC(=NCCOCC)NCCc1ccc(Cl)cc1. The second-order valence-corrected chi connectivity index (χ2v) is 4.70. The highest BCUT2D eigenvalue weighted by Crippen LogP contribution is 2.09. The van der Waals surface area contributed by atoms with Crippen molar-refractivity contribution >= 4 is 17.6 Å². The van der Waals surface area contributed by atoms with Crippen LogP contribution in [0.4, 0.5) is 0 Å². The van der Waals surface area contributed by atoms with E-state index in [0.717, 1.165) is 37.1 Å². The van der Waals surface area contributed by atoms with Crippen LogP contribution in [0.3, 0.4) is 0 Å². The number of nitrogens with one attached hydrogen (secondary N) is 2. The zero-order chi connectivity index (χ0) is 14.6. The van der Waals surface area contributed by atoms with Crippen molar-refractivity contribution in [1.82, 2.24) is 10.6 Å². The van der Waals surface area contributed by atoms with Crippen molar-refractivity contribution in [2.45, 2.75) is 20.3 Å². The van der Waals surface area contributed by atoms with Gasteiger partial charge in [-0.05, 0) is 38.0 Å². The van der Waals surface area contributed by atoms with E-state index < -0.39 is 0 Å². The highest BCUT2D eigenvalue weighted by Gasteiger charge is 1.98. The Morgan fingerprint density at radius 1 is 1.20 bits per heavy atom. The lowest BCUT2D eigenvalue weighted by Crippen LogP contribution is -2.38. The quantitative estimate of drug-likeness (QED) is 0.440. The fourth-order valence-electron chi connectivity index (χ4n) is 1.68. The summed E-state index contributed by atoms with van der Waals surface area (Å²) >= 11 is 5.86. The summed E-state index contributed by atoms with van der Waals surface area (Å²) in [5, 5.41) is 7.30. The normalized spacial score (nSPS) is 11.4. The van der Waals surface area contributed by atoms with Gasteiger partial charge in [-0.3, -0.25) is 4.99 Å². The molecule has 1 aromatic rings. The van der Waals surface area contributed by atoms with Crippen LogP contribution in [0.15, 0.2) is 29.3 Å². The summed E-state index contributed by atoms with van der Waals surface area (Å²) in [6.07, 6.45) is 0.938. The molecule has 4 nitrogen and oxygen atoms in total. The first-order valence-electron chi connectivity index (χ1n) is 7.10. The Labute approximate surface area is 126 Å². The lowest BCUT2D eigenvalue weighted by molar-refractivity contribution is 0.155. The molecule has 1 rings (SSSR count). The Morgan fingerprint density at radius 3 is 2.60 bits per heavy atom. The molecule has 2 N–H and O–H groups in total. The lowest BCUT2D eigenvalue weighted by atomic mass is 10.1. The van der Waals surface area contributed by atoms with Crippen LogP contribution in [-0.4, -0.2) is 38.8 Å². The largest absolute Gasteiger partial charge is 0.380 e. The van der Waals surface area contributed by atoms with Crippen molar-refractivity contribution in [3.63, 3.8) is 0 Å². The number of halogens is 1. The summed E-state index contributed by atoms with van der Waals surface area (Å²) in [4.78, 5) is 4.44.